The van der Waals surface area contributed by atoms with E-state index < -0.39 is 0 Å². The zero-order valence-corrected chi connectivity index (χ0v) is 13.5. The van der Waals surface area contributed by atoms with E-state index in [2.05, 4.69) is 10.6 Å². The number of nitrogens with zero attached hydrogens (tertiary/aromatic N) is 1. The highest BCUT2D eigenvalue weighted by Crippen LogP contribution is 2.20. The molecule has 0 saturated carbocycles. The summed E-state index contributed by atoms with van der Waals surface area (Å²) in [7, 11) is 0. The molecule has 2 unspecified atom stereocenters. The van der Waals surface area contributed by atoms with Gasteiger partial charge in [-0.2, -0.15) is 0 Å². The first kappa shape index (κ1) is 16.0. The number of hydrogen-bond donors (Lipinski definition) is 2. The molecule has 2 N–H and O–H groups in total. The lowest BCUT2D eigenvalue weighted by atomic mass is 10.1. The molecule has 124 valence electrons. The van der Waals surface area contributed by atoms with Crippen molar-refractivity contribution in [2.24, 2.45) is 0 Å². The van der Waals surface area contributed by atoms with E-state index in [0.717, 1.165) is 19.5 Å². The molecule has 2 bridgehead atoms. The van der Waals surface area contributed by atoms with Crippen molar-refractivity contribution < 1.29 is 9.59 Å². The minimum absolute atomic E-state index is 0.0747. The maximum Gasteiger partial charge on any atom is 0.251 e. The Morgan fingerprint density at radius 2 is 1.91 bits per heavy atom. The molecule has 5 nitrogen and oxygen atoms in total. The van der Waals surface area contributed by atoms with Crippen molar-refractivity contribution in [3.63, 3.8) is 0 Å². The van der Waals surface area contributed by atoms with Crippen LogP contribution in [0.5, 0.6) is 0 Å². The van der Waals surface area contributed by atoms with Crippen LogP contribution in [0.1, 0.15) is 42.5 Å². The quantitative estimate of drug-likeness (QED) is 0.811. The van der Waals surface area contributed by atoms with Crippen molar-refractivity contribution >= 4 is 11.8 Å². The number of amides is 2. The van der Waals surface area contributed by atoms with Gasteiger partial charge >= 0.3 is 0 Å². The number of rotatable bonds is 5. The zero-order valence-electron chi connectivity index (χ0n) is 13.5. The van der Waals surface area contributed by atoms with Gasteiger partial charge in [0.05, 0.1) is 0 Å². The van der Waals surface area contributed by atoms with Crippen molar-refractivity contribution in [2.75, 3.05) is 19.6 Å². The van der Waals surface area contributed by atoms with Crippen LogP contribution in [0.2, 0.25) is 0 Å². The summed E-state index contributed by atoms with van der Waals surface area (Å²) in [6.45, 7) is 2.24. The van der Waals surface area contributed by atoms with Crippen LogP contribution >= 0.6 is 0 Å². The SMILES string of the molecule is O=C(NCCCC(=O)N1CCC2CCC(C1)N2)c1ccccc1. The van der Waals surface area contributed by atoms with Gasteiger partial charge in [-0.1, -0.05) is 18.2 Å². The van der Waals surface area contributed by atoms with Gasteiger partial charge in [-0.15, -0.1) is 0 Å². The smallest absolute Gasteiger partial charge is 0.251 e. The van der Waals surface area contributed by atoms with Crippen molar-refractivity contribution in [3.8, 4) is 0 Å². The molecule has 2 saturated heterocycles. The Bertz CT molecular complexity index is 546. The van der Waals surface area contributed by atoms with Gasteiger partial charge in [-0.25, -0.2) is 0 Å². The molecule has 2 aliphatic rings. The van der Waals surface area contributed by atoms with Gasteiger partial charge < -0.3 is 15.5 Å². The van der Waals surface area contributed by atoms with Crippen LogP contribution in [0, 0.1) is 0 Å². The van der Waals surface area contributed by atoms with Crippen LogP contribution in [0.4, 0.5) is 0 Å². The summed E-state index contributed by atoms with van der Waals surface area (Å²) < 4.78 is 0. The van der Waals surface area contributed by atoms with Gasteiger partial charge in [0.1, 0.15) is 0 Å². The Morgan fingerprint density at radius 1 is 1.13 bits per heavy atom. The maximum atomic E-state index is 12.3. The fraction of sp³-hybridized carbons (Fsp3) is 0.556. The Labute approximate surface area is 137 Å². The third-order valence-electron chi connectivity index (χ3n) is 4.76. The zero-order chi connectivity index (χ0) is 16.1. The highest BCUT2D eigenvalue weighted by atomic mass is 16.2. The number of carbonyl (C=O) groups excluding carboxylic acids is 2. The molecule has 2 aliphatic heterocycles. The second-order valence-corrected chi connectivity index (χ2v) is 6.49. The van der Waals surface area contributed by atoms with Crippen molar-refractivity contribution in [1.29, 1.82) is 0 Å². The maximum absolute atomic E-state index is 12.3. The summed E-state index contributed by atoms with van der Waals surface area (Å²) in [6.07, 6.45) is 4.69. The summed E-state index contributed by atoms with van der Waals surface area (Å²) in [5, 5.41) is 6.46. The molecular formula is C18H25N3O2. The topological polar surface area (TPSA) is 61.4 Å². The molecule has 3 rings (SSSR count). The fourth-order valence-electron chi connectivity index (χ4n) is 3.46. The molecule has 2 heterocycles. The van der Waals surface area contributed by atoms with Gasteiger partial charge in [0.15, 0.2) is 0 Å². The van der Waals surface area contributed by atoms with Crippen molar-refractivity contribution in [2.45, 2.75) is 44.2 Å². The molecular weight excluding hydrogens is 290 g/mol. The number of carbonyl (C=O) groups is 2. The van der Waals surface area contributed by atoms with E-state index in [0.29, 0.717) is 37.0 Å². The minimum atomic E-state index is -0.0747. The molecule has 2 atom stereocenters. The van der Waals surface area contributed by atoms with Crippen molar-refractivity contribution in [3.05, 3.63) is 35.9 Å². The lowest BCUT2D eigenvalue weighted by Gasteiger charge is -2.24. The molecule has 2 fully saturated rings. The molecule has 2 amide bonds. The standard InChI is InChI=1S/C18H25N3O2/c22-17(21-12-10-15-8-9-16(13-21)20-15)7-4-11-19-18(23)14-5-2-1-3-6-14/h1-3,5-6,15-16,20H,4,7-13H2,(H,19,23). The number of fused-ring (bicyclic) bond motifs is 2. The molecule has 1 aromatic carbocycles. The largest absolute Gasteiger partial charge is 0.352 e. The lowest BCUT2D eigenvalue weighted by Crippen LogP contribution is -2.39. The molecule has 0 aliphatic carbocycles. The van der Waals surface area contributed by atoms with Gasteiger partial charge in [0.2, 0.25) is 5.91 Å². The monoisotopic (exact) mass is 315 g/mol. The Kier molecular flexibility index (Phi) is 5.28. The first-order chi connectivity index (χ1) is 11.2. The third kappa shape index (κ3) is 4.32. The van der Waals surface area contributed by atoms with Crippen LogP contribution < -0.4 is 10.6 Å². The summed E-state index contributed by atoms with van der Waals surface area (Å²) in [5.74, 6) is 0.141. The van der Waals surface area contributed by atoms with Crippen molar-refractivity contribution in [1.82, 2.24) is 15.5 Å². The summed E-state index contributed by atoms with van der Waals surface area (Å²) in [5.41, 5.74) is 0.661. The minimum Gasteiger partial charge on any atom is -0.352 e. The highest BCUT2D eigenvalue weighted by molar-refractivity contribution is 5.94. The Balaban J connectivity index is 1.37. The van der Waals surface area contributed by atoms with Gasteiger partial charge in [-0.05, 0) is 37.8 Å². The van der Waals surface area contributed by atoms with E-state index in [-0.39, 0.29) is 11.8 Å². The molecule has 0 radical (unpaired) electrons. The Morgan fingerprint density at radius 3 is 2.74 bits per heavy atom. The summed E-state index contributed by atoms with van der Waals surface area (Å²) in [4.78, 5) is 26.2. The average molecular weight is 315 g/mol. The molecule has 0 spiro atoms. The normalized spacial score (nSPS) is 23.4. The average Bonchev–Trinajstić information content (AvgIpc) is 2.91. The van der Waals surface area contributed by atoms with Crippen LogP contribution in [-0.2, 0) is 4.79 Å². The first-order valence-electron chi connectivity index (χ1n) is 8.59. The van der Waals surface area contributed by atoms with Crippen LogP contribution in [0.3, 0.4) is 0 Å². The number of nitrogens with one attached hydrogen (secondary N) is 2. The van der Waals surface area contributed by atoms with E-state index in [1.165, 1.54) is 12.8 Å². The van der Waals surface area contributed by atoms with Gasteiger partial charge in [0.25, 0.3) is 5.91 Å². The lowest BCUT2D eigenvalue weighted by molar-refractivity contribution is -0.131. The first-order valence-corrected chi connectivity index (χ1v) is 8.59. The van der Waals surface area contributed by atoms with Gasteiger partial charge in [0, 0.05) is 43.7 Å². The second-order valence-electron chi connectivity index (χ2n) is 6.49. The Hall–Kier alpha value is -1.88. The predicted octanol–water partition coefficient (Wildman–Crippen LogP) is 1.55. The van der Waals surface area contributed by atoms with E-state index in [1.54, 1.807) is 12.1 Å². The molecule has 0 aromatic heterocycles. The fourth-order valence-corrected chi connectivity index (χ4v) is 3.46. The van der Waals surface area contributed by atoms with E-state index >= 15 is 0 Å². The summed E-state index contributed by atoms with van der Waals surface area (Å²) in [6, 6.07) is 10.2. The third-order valence-corrected chi connectivity index (χ3v) is 4.76. The van der Waals surface area contributed by atoms with E-state index in [4.69, 9.17) is 0 Å². The molecule has 23 heavy (non-hydrogen) atoms. The summed E-state index contributed by atoms with van der Waals surface area (Å²) >= 11 is 0. The molecule has 1 aromatic rings. The van der Waals surface area contributed by atoms with Crippen LogP contribution in [0.15, 0.2) is 30.3 Å². The van der Waals surface area contributed by atoms with Crippen LogP contribution in [-0.4, -0.2) is 48.4 Å². The number of hydrogen-bond acceptors (Lipinski definition) is 3. The van der Waals surface area contributed by atoms with Crippen LogP contribution in [0.25, 0.3) is 0 Å². The predicted molar refractivity (Wildman–Crippen MR) is 89.2 cm³/mol. The van der Waals surface area contributed by atoms with E-state index in [1.807, 2.05) is 23.1 Å². The second kappa shape index (κ2) is 7.59. The highest BCUT2D eigenvalue weighted by Gasteiger charge is 2.30. The molecule has 5 heteroatoms. The number of benzene rings is 1. The number of likely N-dealkylation sites (tertiary alicyclic amines) is 1. The van der Waals surface area contributed by atoms with E-state index in [9.17, 15) is 9.59 Å². The van der Waals surface area contributed by atoms with Gasteiger partial charge in [-0.3, -0.25) is 9.59 Å².